The number of thioether (sulfide) groups is 1. The molecule has 1 heterocycles. The van der Waals surface area contributed by atoms with Crippen molar-refractivity contribution in [1.82, 2.24) is 0 Å². The van der Waals surface area contributed by atoms with Crippen LogP contribution in [-0.2, 0) is 0 Å². The van der Waals surface area contributed by atoms with Crippen molar-refractivity contribution in [2.45, 2.75) is 19.4 Å². The van der Waals surface area contributed by atoms with Gasteiger partial charge in [-0.2, -0.15) is 0 Å². The molecule has 1 N–H and O–H groups in total. The lowest BCUT2D eigenvalue weighted by molar-refractivity contribution is 0.436. The van der Waals surface area contributed by atoms with Crippen LogP contribution in [0.1, 0.15) is 13.3 Å². The molecule has 0 saturated carbocycles. The Hall–Kier alpha value is -0.440. The monoisotopic (exact) mass is 157 g/mol. The van der Waals surface area contributed by atoms with Crippen LogP contribution in [-0.4, -0.2) is 22.4 Å². The van der Waals surface area contributed by atoms with E-state index in [4.69, 9.17) is 0 Å². The highest BCUT2D eigenvalue weighted by molar-refractivity contribution is 8.13. The van der Waals surface area contributed by atoms with Crippen molar-refractivity contribution in [3.8, 4) is 0 Å². The van der Waals surface area contributed by atoms with Crippen molar-refractivity contribution in [3.63, 3.8) is 0 Å². The van der Waals surface area contributed by atoms with Gasteiger partial charge in [0.25, 0.3) is 0 Å². The van der Waals surface area contributed by atoms with Crippen LogP contribution in [0, 0.1) is 0 Å². The molecule has 1 atom stereocenters. The molecule has 1 aliphatic rings. The molecule has 2 nitrogen and oxygen atoms in total. The first-order valence-electron chi connectivity index (χ1n) is 3.25. The third-order valence-electron chi connectivity index (χ3n) is 1.40. The van der Waals surface area contributed by atoms with E-state index in [1.165, 1.54) is 11.8 Å². The van der Waals surface area contributed by atoms with Gasteiger partial charge in [-0.15, -0.1) is 11.8 Å². The summed E-state index contributed by atoms with van der Waals surface area (Å²) in [6.07, 6.45) is 4.60. The molecular formula is C7H11NOS. The maximum absolute atomic E-state index is 9.20. The van der Waals surface area contributed by atoms with E-state index in [0.717, 1.165) is 11.5 Å². The summed E-state index contributed by atoms with van der Waals surface area (Å²) in [6.45, 7) is 2.04. The molecule has 1 unspecified atom stereocenters. The summed E-state index contributed by atoms with van der Waals surface area (Å²) in [5.74, 6) is 0.339. The minimum atomic E-state index is 0.332. The average molecular weight is 157 g/mol. The van der Waals surface area contributed by atoms with E-state index in [1.54, 1.807) is 0 Å². The number of dihydropyridines is 1. The molecular weight excluding hydrogens is 146 g/mol. The van der Waals surface area contributed by atoms with Crippen molar-refractivity contribution in [1.29, 1.82) is 0 Å². The predicted octanol–water partition coefficient (Wildman–Crippen LogP) is 1.98. The Morgan fingerprint density at radius 2 is 2.50 bits per heavy atom. The number of aliphatic imine (C=N–C) groups is 1. The quantitative estimate of drug-likeness (QED) is 0.583. The van der Waals surface area contributed by atoms with Gasteiger partial charge in [0.2, 0.25) is 0 Å². The van der Waals surface area contributed by atoms with Gasteiger partial charge >= 0.3 is 0 Å². The average Bonchev–Trinajstić information content (AvgIpc) is 1.94. The van der Waals surface area contributed by atoms with Crippen LogP contribution >= 0.6 is 11.8 Å². The number of nitrogens with zero attached hydrogens (tertiary/aromatic N) is 1. The molecule has 0 saturated heterocycles. The van der Waals surface area contributed by atoms with Gasteiger partial charge in [0, 0.05) is 0 Å². The Bertz CT molecular complexity index is 186. The highest BCUT2D eigenvalue weighted by Gasteiger charge is 2.11. The summed E-state index contributed by atoms with van der Waals surface area (Å²) in [7, 11) is 0. The summed E-state index contributed by atoms with van der Waals surface area (Å²) in [4.78, 5) is 4.24. The molecule has 1 aliphatic heterocycles. The summed E-state index contributed by atoms with van der Waals surface area (Å²) in [5.41, 5.74) is 0. The largest absolute Gasteiger partial charge is 0.505 e. The molecule has 0 amide bonds. The fourth-order valence-electron chi connectivity index (χ4n) is 0.846. The smallest absolute Gasteiger partial charge is 0.143 e. The summed E-state index contributed by atoms with van der Waals surface area (Å²) in [5, 5.41) is 9.96. The Labute approximate surface area is 65.0 Å². The first kappa shape index (κ1) is 7.66. The Morgan fingerprint density at radius 1 is 1.80 bits per heavy atom. The molecule has 3 heteroatoms. The van der Waals surface area contributed by atoms with Crippen LogP contribution in [0.4, 0.5) is 0 Å². The van der Waals surface area contributed by atoms with Crippen molar-refractivity contribution in [2.75, 3.05) is 6.26 Å². The Balaban J connectivity index is 2.74. The molecule has 0 bridgehead atoms. The molecule has 0 aromatic heterocycles. The molecule has 0 aromatic carbocycles. The highest BCUT2D eigenvalue weighted by atomic mass is 32.2. The molecule has 0 fully saturated rings. The molecule has 0 aromatic rings. The lowest BCUT2D eigenvalue weighted by atomic mass is 10.2. The van der Waals surface area contributed by atoms with Gasteiger partial charge in [-0.3, -0.25) is 4.99 Å². The van der Waals surface area contributed by atoms with Crippen LogP contribution in [0.3, 0.4) is 0 Å². The zero-order valence-electron chi connectivity index (χ0n) is 6.16. The van der Waals surface area contributed by atoms with Gasteiger partial charge in [0.1, 0.15) is 10.8 Å². The van der Waals surface area contributed by atoms with Crippen LogP contribution in [0.2, 0.25) is 0 Å². The second-order valence-corrected chi connectivity index (χ2v) is 3.11. The normalized spacial score (nSPS) is 25.6. The first-order chi connectivity index (χ1) is 4.74. The van der Waals surface area contributed by atoms with E-state index in [-0.39, 0.29) is 0 Å². The number of aliphatic hydroxyl groups excluding tert-OH is 1. The lowest BCUT2D eigenvalue weighted by Crippen LogP contribution is -2.09. The predicted molar refractivity (Wildman–Crippen MR) is 45.7 cm³/mol. The number of hydrogen-bond donors (Lipinski definition) is 1. The zero-order chi connectivity index (χ0) is 7.56. The lowest BCUT2D eigenvalue weighted by Gasteiger charge is -2.12. The number of hydrogen-bond acceptors (Lipinski definition) is 3. The molecule has 0 spiro atoms. The summed E-state index contributed by atoms with van der Waals surface area (Å²) in [6, 6.07) is 0.332. The van der Waals surface area contributed by atoms with E-state index in [2.05, 4.69) is 4.99 Å². The minimum Gasteiger partial charge on any atom is -0.505 e. The molecule has 56 valence electrons. The molecule has 1 rings (SSSR count). The van der Waals surface area contributed by atoms with Gasteiger partial charge in [0.05, 0.1) is 6.04 Å². The maximum Gasteiger partial charge on any atom is 0.143 e. The fourth-order valence-corrected chi connectivity index (χ4v) is 1.42. The second kappa shape index (κ2) is 3.10. The summed E-state index contributed by atoms with van der Waals surface area (Å²) < 4.78 is 0. The van der Waals surface area contributed by atoms with Crippen molar-refractivity contribution in [3.05, 3.63) is 11.8 Å². The van der Waals surface area contributed by atoms with Crippen LogP contribution in [0.15, 0.2) is 16.8 Å². The SMILES string of the molecule is CSC1=NC(C)CC=C1O. The Kier molecular flexibility index (Phi) is 2.38. The fraction of sp³-hybridized carbons (Fsp3) is 0.571. The van der Waals surface area contributed by atoms with Gasteiger partial charge in [-0.1, -0.05) is 0 Å². The molecule has 0 radical (unpaired) electrons. The third kappa shape index (κ3) is 1.53. The van der Waals surface area contributed by atoms with Crippen LogP contribution < -0.4 is 0 Å². The van der Waals surface area contributed by atoms with E-state index < -0.39 is 0 Å². The second-order valence-electron chi connectivity index (χ2n) is 2.31. The van der Waals surface area contributed by atoms with Crippen molar-refractivity contribution < 1.29 is 5.11 Å². The van der Waals surface area contributed by atoms with Gasteiger partial charge < -0.3 is 5.11 Å². The summed E-state index contributed by atoms with van der Waals surface area (Å²) >= 11 is 1.49. The first-order valence-corrected chi connectivity index (χ1v) is 4.48. The zero-order valence-corrected chi connectivity index (χ0v) is 6.98. The van der Waals surface area contributed by atoms with Gasteiger partial charge in [0.15, 0.2) is 0 Å². The molecule has 0 aliphatic carbocycles. The van der Waals surface area contributed by atoms with Gasteiger partial charge in [-0.05, 0) is 25.7 Å². The van der Waals surface area contributed by atoms with Crippen LogP contribution in [0.25, 0.3) is 0 Å². The minimum absolute atomic E-state index is 0.332. The van der Waals surface area contributed by atoms with E-state index in [0.29, 0.717) is 11.8 Å². The van der Waals surface area contributed by atoms with Crippen LogP contribution in [0.5, 0.6) is 0 Å². The molecule has 10 heavy (non-hydrogen) atoms. The number of rotatable bonds is 0. The van der Waals surface area contributed by atoms with E-state index in [1.807, 2.05) is 19.3 Å². The van der Waals surface area contributed by atoms with Crippen molar-refractivity contribution in [2.24, 2.45) is 4.99 Å². The van der Waals surface area contributed by atoms with E-state index in [9.17, 15) is 5.11 Å². The van der Waals surface area contributed by atoms with Gasteiger partial charge in [-0.25, -0.2) is 0 Å². The van der Waals surface area contributed by atoms with Crippen molar-refractivity contribution >= 4 is 16.8 Å². The standard InChI is InChI=1S/C7H11NOS/c1-5-3-4-6(9)7(8-5)10-2/h4-5,9H,3H2,1-2H3. The Morgan fingerprint density at radius 3 is 3.00 bits per heavy atom. The van der Waals surface area contributed by atoms with E-state index >= 15 is 0 Å². The maximum atomic E-state index is 9.20. The third-order valence-corrected chi connectivity index (χ3v) is 2.10. The number of aliphatic hydroxyl groups is 1. The topological polar surface area (TPSA) is 32.6 Å². The highest BCUT2D eigenvalue weighted by Crippen LogP contribution is 2.16.